The van der Waals surface area contributed by atoms with Gasteiger partial charge in [-0.3, -0.25) is 19.9 Å². The number of unbranched alkanes of at least 4 members (excludes halogenated alkanes) is 5. The van der Waals surface area contributed by atoms with E-state index in [0.717, 1.165) is 24.3 Å². The van der Waals surface area contributed by atoms with Crippen LogP contribution in [0.4, 0.5) is 0 Å². The Hall–Kier alpha value is -2.05. The Kier molecular flexibility index (Phi) is 9.31. The molecule has 1 aromatic rings. The summed E-state index contributed by atoms with van der Waals surface area (Å²) in [5.41, 5.74) is 5.68. The zero-order valence-electron chi connectivity index (χ0n) is 16.9. The molecule has 0 bridgehead atoms. The van der Waals surface area contributed by atoms with Gasteiger partial charge in [-0.25, -0.2) is 0 Å². The standard InChI is InChI=1S/C22H33N3O3/c1-2-3-4-5-6-7-12-24-17-18-10-8-11-19(15-18)28-14-9-13-25-22(23)16-20(26)21(22)27/h8,10-11,15,17,25H,2-7,9,12-14,16,23H2,1H3. The van der Waals surface area contributed by atoms with Crippen LogP contribution in [0, 0.1) is 0 Å². The zero-order valence-corrected chi connectivity index (χ0v) is 16.9. The first kappa shape index (κ1) is 22.2. The first-order valence-electron chi connectivity index (χ1n) is 10.4. The maximum atomic E-state index is 11.4. The fraction of sp³-hybridized carbons (Fsp3) is 0.591. The maximum Gasteiger partial charge on any atom is 0.233 e. The van der Waals surface area contributed by atoms with Crippen molar-refractivity contribution in [2.24, 2.45) is 10.7 Å². The van der Waals surface area contributed by atoms with E-state index in [9.17, 15) is 9.59 Å². The molecule has 6 nitrogen and oxygen atoms in total. The lowest BCUT2D eigenvalue weighted by atomic mass is 9.82. The molecule has 154 valence electrons. The van der Waals surface area contributed by atoms with E-state index in [2.05, 4.69) is 17.2 Å². The number of Topliss-reactive ketones (excluding diaryl/α,β-unsaturated/α-hetero) is 2. The molecule has 0 aliphatic heterocycles. The van der Waals surface area contributed by atoms with E-state index in [1.165, 1.54) is 32.1 Å². The third kappa shape index (κ3) is 7.17. The number of hydrogen-bond donors (Lipinski definition) is 2. The van der Waals surface area contributed by atoms with E-state index in [-0.39, 0.29) is 6.42 Å². The molecule has 1 atom stereocenters. The second-order valence-corrected chi connectivity index (χ2v) is 7.40. The van der Waals surface area contributed by atoms with Crippen molar-refractivity contribution in [2.45, 2.75) is 64.0 Å². The van der Waals surface area contributed by atoms with Crippen molar-refractivity contribution in [1.29, 1.82) is 0 Å². The fourth-order valence-electron chi connectivity index (χ4n) is 3.11. The number of ketones is 2. The number of aliphatic imine (C=N–C) groups is 1. The van der Waals surface area contributed by atoms with Crippen LogP contribution in [-0.4, -0.2) is 43.1 Å². The summed E-state index contributed by atoms with van der Waals surface area (Å²) >= 11 is 0. The molecule has 28 heavy (non-hydrogen) atoms. The summed E-state index contributed by atoms with van der Waals surface area (Å²) in [5, 5.41) is 2.94. The summed E-state index contributed by atoms with van der Waals surface area (Å²) in [4.78, 5) is 26.9. The van der Waals surface area contributed by atoms with Crippen molar-refractivity contribution < 1.29 is 14.3 Å². The number of carbonyl (C=O) groups excluding carboxylic acids is 2. The van der Waals surface area contributed by atoms with E-state index >= 15 is 0 Å². The first-order valence-corrected chi connectivity index (χ1v) is 10.4. The van der Waals surface area contributed by atoms with Gasteiger partial charge in [0.15, 0.2) is 0 Å². The number of benzene rings is 1. The van der Waals surface area contributed by atoms with Crippen LogP contribution in [0.5, 0.6) is 5.75 Å². The molecule has 0 spiro atoms. The average molecular weight is 388 g/mol. The molecule has 1 aromatic carbocycles. The third-order valence-electron chi connectivity index (χ3n) is 4.87. The van der Waals surface area contributed by atoms with E-state index in [0.29, 0.717) is 19.6 Å². The molecular formula is C22H33N3O3. The second-order valence-electron chi connectivity index (χ2n) is 7.40. The van der Waals surface area contributed by atoms with Gasteiger partial charge in [0, 0.05) is 19.3 Å². The van der Waals surface area contributed by atoms with Gasteiger partial charge in [0.2, 0.25) is 11.6 Å². The van der Waals surface area contributed by atoms with E-state index in [4.69, 9.17) is 10.5 Å². The first-order chi connectivity index (χ1) is 13.5. The molecule has 1 aliphatic carbocycles. The molecule has 0 saturated heterocycles. The Morgan fingerprint density at radius 2 is 1.96 bits per heavy atom. The largest absolute Gasteiger partial charge is 0.494 e. The molecular weight excluding hydrogens is 354 g/mol. The van der Waals surface area contributed by atoms with E-state index in [1.54, 1.807) is 0 Å². The van der Waals surface area contributed by atoms with Gasteiger partial charge in [0.1, 0.15) is 11.4 Å². The molecule has 0 aromatic heterocycles. The van der Waals surface area contributed by atoms with Crippen LogP contribution in [0.3, 0.4) is 0 Å². The molecule has 2 rings (SSSR count). The predicted octanol–water partition coefficient (Wildman–Crippen LogP) is 3.02. The molecule has 0 radical (unpaired) electrons. The number of nitrogens with one attached hydrogen (secondary N) is 1. The monoisotopic (exact) mass is 387 g/mol. The number of hydrogen-bond acceptors (Lipinski definition) is 6. The van der Waals surface area contributed by atoms with Gasteiger partial charge in [0.05, 0.1) is 13.0 Å². The van der Waals surface area contributed by atoms with Gasteiger partial charge in [-0.2, -0.15) is 0 Å². The average Bonchev–Trinajstić information content (AvgIpc) is 2.70. The summed E-state index contributed by atoms with van der Waals surface area (Å²) in [6.07, 6.45) is 10.3. The lowest BCUT2D eigenvalue weighted by molar-refractivity contribution is -0.149. The summed E-state index contributed by atoms with van der Waals surface area (Å²) in [5.74, 6) is -0.136. The lowest BCUT2D eigenvalue weighted by Crippen LogP contribution is -2.70. The Bertz CT molecular complexity index is 675. The summed E-state index contributed by atoms with van der Waals surface area (Å²) < 4.78 is 5.75. The van der Waals surface area contributed by atoms with Crippen LogP contribution in [0.2, 0.25) is 0 Å². The van der Waals surface area contributed by atoms with Crippen molar-refractivity contribution in [1.82, 2.24) is 5.32 Å². The van der Waals surface area contributed by atoms with Crippen LogP contribution < -0.4 is 15.8 Å². The van der Waals surface area contributed by atoms with Gasteiger partial charge >= 0.3 is 0 Å². The smallest absolute Gasteiger partial charge is 0.233 e. The number of carbonyl (C=O) groups is 2. The van der Waals surface area contributed by atoms with Crippen molar-refractivity contribution >= 4 is 17.8 Å². The Morgan fingerprint density at radius 1 is 1.18 bits per heavy atom. The third-order valence-corrected chi connectivity index (χ3v) is 4.87. The molecule has 6 heteroatoms. The Morgan fingerprint density at radius 3 is 2.71 bits per heavy atom. The van der Waals surface area contributed by atoms with Crippen LogP contribution in [0.25, 0.3) is 0 Å². The minimum Gasteiger partial charge on any atom is -0.494 e. The molecule has 0 heterocycles. The topological polar surface area (TPSA) is 93.8 Å². The molecule has 1 fully saturated rings. The fourth-order valence-corrected chi connectivity index (χ4v) is 3.11. The van der Waals surface area contributed by atoms with Crippen LogP contribution in [-0.2, 0) is 9.59 Å². The maximum absolute atomic E-state index is 11.4. The number of nitrogens with zero attached hydrogens (tertiary/aromatic N) is 1. The minimum absolute atomic E-state index is 0.0762. The minimum atomic E-state index is -1.16. The predicted molar refractivity (Wildman–Crippen MR) is 112 cm³/mol. The van der Waals surface area contributed by atoms with Gasteiger partial charge in [-0.05, 0) is 30.5 Å². The number of rotatable bonds is 14. The summed E-state index contributed by atoms with van der Waals surface area (Å²) in [7, 11) is 0. The highest BCUT2D eigenvalue weighted by atomic mass is 16.5. The number of nitrogens with two attached hydrogens (primary N) is 1. The number of ether oxygens (including phenoxy) is 1. The quantitative estimate of drug-likeness (QED) is 0.221. The highest BCUT2D eigenvalue weighted by Gasteiger charge is 2.49. The zero-order chi connectivity index (χ0) is 20.2. The summed E-state index contributed by atoms with van der Waals surface area (Å²) in [6.45, 7) is 4.12. The van der Waals surface area contributed by atoms with E-state index in [1.807, 2.05) is 30.5 Å². The van der Waals surface area contributed by atoms with Crippen LogP contribution >= 0.6 is 0 Å². The Balaban J connectivity index is 1.60. The van der Waals surface area contributed by atoms with Gasteiger partial charge < -0.3 is 10.5 Å². The SMILES string of the molecule is CCCCCCCCN=Cc1cccc(OCCCNC2(N)CC(=O)C2=O)c1. The molecule has 3 N–H and O–H groups in total. The van der Waals surface area contributed by atoms with Crippen molar-refractivity contribution in [3.63, 3.8) is 0 Å². The Labute approximate surface area is 167 Å². The van der Waals surface area contributed by atoms with Crippen LogP contribution in [0.1, 0.15) is 63.9 Å². The highest BCUT2D eigenvalue weighted by Crippen LogP contribution is 2.18. The van der Waals surface area contributed by atoms with E-state index < -0.39 is 17.2 Å². The highest BCUT2D eigenvalue weighted by molar-refractivity contribution is 6.47. The van der Waals surface area contributed by atoms with Crippen LogP contribution in [0.15, 0.2) is 29.3 Å². The molecule has 1 unspecified atom stereocenters. The second kappa shape index (κ2) is 11.7. The van der Waals surface area contributed by atoms with Crippen molar-refractivity contribution in [3.8, 4) is 5.75 Å². The van der Waals surface area contributed by atoms with Crippen molar-refractivity contribution in [2.75, 3.05) is 19.7 Å². The normalized spacial score (nSPS) is 19.2. The van der Waals surface area contributed by atoms with Gasteiger partial charge in [-0.15, -0.1) is 0 Å². The van der Waals surface area contributed by atoms with Gasteiger partial charge in [0.25, 0.3) is 0 Å². The molecule has 0 amide bonds. The van der Waals surface area contributed by atoms with Gasteiger partial charge in [-0.1, -0.05) is 51.2 Å². The van der Waals surface area contributed by atoms with Crippen molar-refractivity contribution in [3.05, 3.63) is 29.8 Å². The molecule has 1 saturated carbocycles. The molecule has 1 aliphatic rings. The lowest BCUT2D eigenvalue weighted by Gasteiger charge is -2.35. The summed E-state index contributed by atoms with van der Waals surface area (Å²) in [6, 6.07) is 7.84.